The number of hydrogen-bond acceptors (Lipinski definition) is 2. The minimum atomic E-state index is -1.03. The highest BCUT2D eigenvalue weighted by molar-refractivity contribution is 6.03. The van der Waals surface area contributed by atoms with Crippen LogP contribution in [0.4, 0.5) is 4.39 Å². The molecule has 0 aliphatic rings. The quantitative estimate of drug-likeness (QED) is 0.769. The molecule has 0 spiro atoms. The van der Waals surface area contributed by atoms with Gasteiger partial charge < -0.3 is 5.11 Å². The lowest BCUT2D eigenvalue weighted by atomic mass is 9.96. The van der Waals surface area contributed by atoms with E-state index >= 15 is 0 Å². The first kappa shape index (κ1) is 12.3. The molecule has 4 heteroatoms. The summed E-state index contributed by atoms with van der Waals surface area (Å²) in [4.78, 5) is 15.3. The van der Waals surface area contributed by atoms with E-state index in [-0.39, 0.29) is 11.4 Å². The average Bonchev–Trinajstić information content (AvgIpc) is 2.48. The van der Waals surface area contributed by atoms with Crippen molar-refractivity contribution in [3.05, 3.63) is 66.2 Å². The molecule has 0 aliphatic carbocycles. The second-order valence-electron chi connectivity index (χ2n) is 4.37. The fourth-order valence-corrected chi connectivity index (χ4v) is 2.29. The Bertz CT molecular complexity index is 814. The smallest absolute Gasteiger partial charge is 0.336 e. The molecule has 1 heterocycles. The molecule has 98 valence electrons. The number of carboxylic acid groups (broad SMARTS) is 1. The van der Waals surface area contributed by atoms with E-state index in [2.05, 4.69) is 4.98 Å². The first-order chi connectivity index (χ1) is 9.68. The molecule has 0 bridgehead atoms. The van der Waals surface area contributed by atoms with Crippen molar-refractivity contribution < 1.29 is 14.3 Å². The number of rotatable bonds is 2. The summed E-state index contributed by atoms with van der Waals surface area (Å²) < 4.78 is 13.8. The summed E-state index contributed by atoms with van der Waals surface area (Å²) in [5.74, 6) is -1.36. The number of aromatic carboxylic acids is 1. The lowest BCUT2D eigenvalue weighted by molar-refractivity contribution is 0.0697. The normalized spacial score (nSPS) is 10.7. The van der Waals surface area contributed by atoms with Crippen LogP contribution in [-0.2, 0) is 0 Å². The Kier molecular flexibility index (Phi) is 2.91. The van der Waals surface area contributed by atoms with Gasteiger partial charge in [-0.3, -0.25) is 4.98 Å². The third-order valence-corrected chi connectivity index (χ3v) is 3.21. The summed E-state index contributed by atoms with van der Waals surface area (Å²) in [5, 5.41) is 10.4. The summed E-state index contributed by atoms with van der Waals surface area (Å²) >= 11 is 0. The maximum absolute atomic E-state index is 13.8. The molecule has 0 atom stereocenters. The van der Waals surface area contributed by atoms with Crippen molar-refractivity contribution in [2.24, 2.45) is 0 Å². The van der Waals surface area contributed by atoms with E-state index < -0.39 is 5.97 Å². The van der Waals surface area contributed by atoms with Crippen molar-refractivity contribution >= 4 is 16.7 Å². The zero-order valence-electron chi connectivity index (χ0n) is 10.4. The Hall–Kier alpha value is -2.75. The molecule has 0 saturated heterocycles. The van der Waals surface area contributed by atoms with Crippen LogP contribution in [0.15, 0.2) is 54.9 Å². The molecule has 2 aromatic carbocycles. The molecule has 0 aliphatic heterocycles. The van der Waals surface area contributed by atoms with Gasteiger partial charge in [0.15, 0.2) is 0 Å². The molecule has 1 aromatic heterocycles. The molecule has 3 nitrogen and oxygen atoms in total. The summed E-state index contributed by atoms with van der Waals surface area (Å²) in [6, 6.07) is 11.4. The Morgan fingerprint density at radius 2 is 1.75 bits per heavy atom. The summed E-state index contributed by atoms with van der Waals surface area (Å²) in [7, 11) is 0. The largest absolute Gasteiger partial charge is 0.478 e. The zero-order chi connectivity index (χ0) is 14.1. The summed E-state index contributed by atoms with van der Waals surface area (Å²) in [6.07, 6.45) is 2.92. The van der Waals surface area contributed by atoms with Crippen LogP contribution in [0.3, 0.4) is 0 Å². The number of halogens is 1. The van der Waals surface area contributed by atoms with E-state index in [4.69, 9.17) is 0 Å². The van der Waals surface area contributed by atoms with Gasteiger partial charge in [-0.05, 0) is 23.1 Å². The Labute approximate surface area is 114 Å². The topological polar surface area (TPSA) is 50.2 Å². The molecule has 3 rings (SSSR count). The van der Waals surface area contributed by atoms with E-state index in [1.807, 2.05) is 0 Å². The maximum Gasteiger partial charge on any atom is 0.336 e. The van der Waals surface area contributed by atoms with E-state index in [1.165, 1.54) is 24.5 Å². The fourth-order valence-electron chi connectivity index (χ4n) is 2.29. The van der Waals surface area contributed by atoms with Gasteiger partial charge in [0.25, 0.3) is 0 Å². The molecule has 0 saturated carbocycles. The predicted octanol–water partition coefficient (Wildman–Crippen LogP) is 3.74. The molecule has 0 unspecified atom stereocenters. The molecule has 0 fully saturated rings. The third kappa shape index (κ3) is 1.91. The lowest BCUT2D eigenvalue weighted by Gasteiger charge is -2.09. The van der Waals surface area contributed by atoms with Gasteiger partial charge in [-0.1, -0.05) is 30.3 Å². The number of carboxylic acids is 1. The molecule has 1 N–H and O–H groups in total. The van der Waals surface area contributed by atoms with Gasteiger partial charge in [-0.2, -0.15) is 0 Å². The van der Waals surface area contributed by atoms with E-state index in [9.17, 15) is 14.3 Å². The zero-order valence-corrected chi connectivity index (χ0v) is 10.4. The van der Waals surface area contributed by atoms with Crippen molar-refractivity contribution in [3.8, 4) is 11.1 Å². The van der Waals surface area contributed by atoms with Gasteiger partial charge in [-0.15, -0.1) is 0 Å². The van der Waals surface area contributed by atoms with Gasteiger partial charge >= 0.3 is 5.97 Å². The fraction of sp³-hybridized carbons (Fsp3) is 0. The number of fused-ring (bicyclic) bond motifs is 1. The van der Waals surface area contributed by atoms with Crippen LogP contribution in [0.25, 0.3) is 21.9 Å². The molecule has 0 amide bonds. The van der Waals surface area contributed by atoms with E-state index in [1.54, 1.807) is 30.3 Å². The SMILES string of the molecule is O=C(O)c1ccncc1-c1ccc(F)c2ccccc12. The van der Waals surface area contributed by atoms with E-state index in [0.717, 1.165) is 0 Å². The molecule has 3 aromatic rings. The first-order valence-electron chi connectivity index (χ1n) is 6.03. The number of aromatic nitrogens is 1. The number of pyridine rings is 1. The highest BCUT2D eigenvalue weighted by Gasteiger charge is 2.14. The molecule has 20 heavy (non-hydrogen) atoms. The highest BCUT2D eigenvalue weighted by atomic mass is 19.1. The Balaban J connectivity index is 2.37. The number of benzene rings is 2. The van der Waals surface area contributed by atoms with Crippen LogP contribution < -0.4 is 0 Å². The number of nitrogens with zero attached hydrogens (tertiary/aromatic N) is 1. The first-order valence-corrected chi connectivity index (χ1v) is 6.03. The second kappa shape index (κ2) is 4.74. The summed E-state index contributed by atoms with van der Waals surface area (Å²) in [6.45, 7) is 0. The average molecular weight is 267 g/mol. The predicted molar refractivity (Wildman–Crippen MR) is 74.1 cm³/mol. The number of carbonyl (C=O) groups is 1. The number of hydrogen-bond donors (Lipinski definition) is 1. The molecule has 0 radical (unpaired) electrons. The van der Waals surface area contributed by atoms with Gasteiger partial charge in [0.05, 0.1) is 5.56 Å². The second-order valence-corrected chi connectivity index (χ2v) is 4.37. The standard InChI is InChI=1S/C16H10FNO2/c17-15-6-5-11(10-3-1-2-4-12(10)15)14-9-18-8-7-13(14)16(19)20/h1-9H,(H,19,20). The minimum Gasteiger partial charge on any atom is -0.478 e. The van der Waals surface area contributed by atoms with Gasteiger partial charge in [-0.25, -0.2) is 9.18 Å². The van der Waals surface area contributed by atoms with Crippen molar-refractivity contribution in [3.63, 3.8) is 0 Å². The van der Waals surface area contributed by atoms with Crippen molar-refractivity contribution in [2.75, 3.05) is 0 Å². The van der Waals surface area contributed by atoms with Crippen LogP contribution in [0.2, 0.25) is 0 Å². The lowest BCUT2D eigenvalue weighted by Crippen LogP contribution is -2.00. The molecular formula is C16H10FNO2. The van der Waals surface area contributed by atoms with Crippen LogP contribution >= 0.6 is 0 Å². The van der Waals surface area contributed by atoms with Crippen LogP contribution in [0.1, 0.15) is 10.4 Å². The molecular weight excluding hydrogens is 257 g/mol. The minimum absolute atomic E-state index is 0.150. The van der Waals surface area contributed by atoms with Gasteiger partial charge in [0.2, 0.25) is 0 Å². The van der Waals surface area contributed by atoms with Gasteiger partial charge in [0, 0.05) is 23.3 Å². The van der Waals surface area contributed by atoms with Gasteiger partial charge in [0.1, 0.15) is 5.82 Å². The van der Waals surface area contributed by atoms with Crippen molar-refractivity contribution in [1.29, 1.82) is 0 Å². The van der Waals surface area contributed by atoms with Crippen molar-refractivity contribution in [2.45, 2.75) is 0 Å². The van der Waals surface area contributed by atoms with E-state index in [0.29, 0.717) is 21.9 Å². The van der Waals surface area contributed by atoms with Crippen LogP contribution in [-0.4, -0.2) is 16.1 Å². The maximum atomic E-state index is 13.8. The van der Waals surface area contributed by atoms with Crippen LogP contribution in [0.5, 0.6) is 0 Å². The third-order valence-electron chi connectivity index (χ3n) is 3.21. The highest BCUT2D eigenvalue weighted by Crippen LogP contribution is 2.31. The monoisotopic (exact) mass is 267 g/mol. The Morgan fingerprint density at radius 1 is 1.00 bits per heavy atom. The van der Waals surface area contributed by atoms with Crippen LogP contribution in [0, 0.1) is 5.82 Å². The summed E-state index contributed by atoms with van der Waals surface area (Å²) in [5.41, 5.74) is 1.29. The Morgan fingerprint density at radius 3 is 2.50 bits per heavy atom. The van der Waals surface area contributed by atoms with Crippen molar-refractivity contribution in [1.82, 2.24) is 4.98 Å².